The van der Waals surface area contributed by atoms with Crippen molar-refractivity contribution in [3.8, 4) is 0 Å². The summed E-state index contributed by atoms with van der Waals surface area (Å²) in [6, 6.07) is 0.0735. The number of amides is 1. The maximum Gasteiger partial charge on any atom is 0.234 e. The fourth-order valence-corrected chi connectivity index (χ4v) is 1.60. The van der Waals surface area contributed by atoms with Gasteiger partial charge in [0.25, 0.3) is 0 Å². The summed E-state index contributed by atoms with van der Waals surface area (Å²) in [4.78, 5) is 11.4. The molecule has 0 aliphatic carbocycles. The van der Waals surface area contributed by atoms with Crippen LogP contribution in [0.2, 0.25) is 0 Å². The molecule has 0 bridgehead atoms. The predicted octanol–water partition coefficient (Wildman–Crippen LogP) is 0.869. The third kappa shape index (κ3) is 9.00. The molecule has 0 aromatic rings. The van der Waals surface area contributed by atoms with Gasteiger partial charge in [0.05, 0.1) is 13.2 Å². The Morgan fingerprint density at radius 3 is 2.69 bits per heavy atom. The lowest BCUT2D eigenvalue weighted by Crippen LogP contribution is -2.41. The molecule has 0 spiro atoms. The Hall–Kier alpha value is -0.260. The van der Waals surface area contributed by atoms with Gasteiger partial charge in [0, 0.05) is 18.4 Å². The van der Waals surface area contributed by atoms with Crippen LogP contribution in [-0.4, -0.2) is 50.3 Å². The second kappa shape index (κ2) is 9.93. The zero-order valence-corrected chi connectivity index (χ0v) is 11.5. The predicted molar refractivity (Wildman–Crippen MR) is 69.9 cm³/mol. The SMILES string of the molecule is COCC(C)NC(=O)CNCCC(C)SC. The molecule has 0 aromatic heterocycles. The van der Waals surface area contributed by atoms with Crippen LogP contribution in [0, 0.1) is 0 Å². The Labute approximate surface area is 103 Å². The summed E-state index contributed by atoms with van der Waals surface area (Å²) in [6.45, 7) is 5.93. The van der Waals surface area contributed by atoms with Crippen molar-refractivity contribution in [2.45, 2.75) is 31.6 Å². The van der Waals surface area contributed by atoms with Gasteiger partial charge in [-0.05, 0) is 26.1 Å². The first-order valence-electron chi connectivity index (χ1n) is 5.62. The number of hydrogen-bond donors (Lipinski definition) is 2. The molecule has 1 amide bonds. The molecule has 0 saturated heterocycles. The summed E-state index contributed by atoms with van der Waals surface area (Å²) in [5.74, 6) is 0.0290. The molecule has 0 radical (unpaired) electrons. The summed E-state index contributed by atoms with van der Waals surface area (Å²) in [7, 11) is 1.63. The summed E-state index contributed by atoms with van der Waals surface area (Å²) in [5, 5.41) is 6.62. The highest BCUT2D eigenvalue weighted by Crippen LogP contribution is 2.07. The summed E-state index contributed by atoms with van der Waals surface area (Å²) < 4.78 is 4.94. The smallest absolute Gasteiger partial charge is 0.234 e. The lowest BCUT2D eigenvalue weighted by atomic mass is 10.3. The molecule has 0 aromatic carbocycles. The van der Waals surface area contributed by atoms with E-state index in [2.05, 4.69) is 23.8 Å². The minimum Gasteiger partial charge on any atom is -0.383 e. The van der Waals surface area contributed by atoms with Gasteiger partial charge in [-0.2, -0.15) is 11.8 Å². The Kier molecular flexibility index (Phi) is 9.77. The second-order valence-corrected chi connectivity index (χ2v) is 5.21. The highest BCUT2D eigenvalue weighted by atomic mass is 32.2. The summed E-state index contributed by atoms with van der Waals surface area (Å²) in [6.07, 6.45) is 3.19. The van der Waals surface area contributed by atoms with E-state index in [9.17, 15) is 4.79 Å². The van der Waals surface area contributed by atoms with Crippen LogP contribution in [0.5, 0.6) is 0 Å². The van der Waals surface area contributed by atoms with Crippen molar-refractivity contribution < 1.29 is 9.53 Å². The monoisotopic (exact) mass is 248 g/mol. The Balaban J connectivity index is 3.43. The highest BCUT2D eigenvalue weighted by molar-refractivity contribution is 7.99. The van der Waals surface area contributed by atoms with E-state index in [0.717, 1.165) is 13.0 Å². The van der Waals surface area contributed by atoms with Crippen LogP contribution in [0.4, 0.5) is 0 Å². The van der Waals surface area contributed by atoms with Crippen LogP contribution in [0.1, 0.15) is 20.3 Å². The molecular formula is C11H24N2O2S. The molecule has 0 heterocycles. The topological polar surface area (TPSA) is 50.4 Å². The summed E-state index contributed by atoms with van der Waals surface area (Å²) >= 11 is 1.84. The van der Waals surface area contributed by atoms with Gasteiger partial charge in [-0.1, -0.05) is 6.92 Å². The highest BCUT2D eigenvalue weighted by Gasteiger charge is 2.06. The molecule has 4 nitrogen and oxygen atoms in total. The number of carbonyl (C=O) groups is 1. The van der Waals surface area contributed by atoms with Gasteiger partial charge < -0.3 is 15.4 Å². The quantitative estimate of drug-likeness (QED) is 0.595. The third-order valence-corrected chi connectivity index (χ3v) is 3.28. The van der Waals surface area contributed by atoms with Gasteiger partial charge in [0.1, 0.15) is 0 Å². The number of thioether (sulfide) groups is 1. The van der Waals surface area contributed by atoms with Crippen molar-refractivity contribution >= 4 is 17.7 Å². The van der Waals surface area contributed by atoms with Gasteiger partial charge in [-0.3, -0.25) is 4.79 Å². The van der Waals surface area contributed by atoms with E-state index >= 15 is 0 Å². The average molecular weight is 248 g/mol. The van der Waals surface area contributed by atoms with Gasteiger partial charge in [-0.15, -0.1) is 0 Å². The minimum atomic E-state index is 0.0290. The van der Waals surface area contributed by atoms with E-state index in [-0.39, 0.29) is 11.9 Å². The Morgan fingerprint density at radius 1 is 1.44 bits per heavy atom. The second-order valence-electron chi connectivity index (χ2n) is 3.94. The molecule has 96 valence electrons. The van der Waals surface area contributed by atoms with Crippen LogP contribution in [0.15, 0.2) is 0 Å². The molecule has 0 rings (SSSR count). The number of carbonyl (C=O) groups excluding carboxylic acids is 1. The Morgan fingerprint density at radius 2 is 2.12 bits per heavy atom. The number of rotatable bonds is 9. The first-order chi connectivity index (χ1) is 7.60. The summed E-state index contributed by atoms with van der Waals surface area (Å²) in [5.41, 5.74) is 0. The van der Waals surface area contributed by atoms with E-state index in [1.807, 2.05) is 18.7 Å². The fraction of sp³-hybridized carbons (Fsp3) is 0.909. The number of nitrogens with one attached hydrogen (secondary N) is 2. The zero-order valence-electron chi connectivity index (χ0n) is 10.7. The van der Waals surface area contributed by atoms with Gasteiger partial charge in [0.15, 0.2) is 0 Å². The average Bonchev–Trinajstić information content (AvgIpc) is 2.24. The molecule has 2 unspecified atom stereocenters. The first kappa shape index (κ1) is 15.7. The first-order valence-corrected chi connectivity index (χ1v) is 6.90. The van der Waals surface area contributed by atoms with Crippen LogP contribution < -0.4 is 10.6 Å². The van der Waals surface area contributed by atoms with Crippen LogP contribution in [-0.2, 0) is 9.53 Å². The number of methoxy groups -OCH3 is 1. The van der Waals surface area contributed by atoms with Gasteiger partial charge in [0.2, 0.25) is 5.91 Å². The minimum absolute atomic E-state index is 0.0290. The molecular weight excluding hydrogens is 224 g/mol. The molecule has 0 aliphatic rings. The zero-order chi connectivity index (χ0) is 12.4. The lowest BCUT2D eigenvalue weighted by Gasteiger charge is -2.13. The van der Waals surface area contributed by atoms with E-state index in [1.54, 1.807) is 7.11 Å². The van der Waals surface area contributed by atoms with Crippen molar-refractivity contribution in [3.63, 3.8) is 0 Å². The van der Waals surface area contributed by atoms with Crippen LogP contribution >= 0.6 is 11.8 Å². The molecule has 0 saturated carbocycles. The molecule has 2 atom stereocenters. The molecule has 5 heteroatoms. The van der Waals surface area contributed by atoms with E-state index in [1.165, 1.54) is 0 Å². The third-order valence-electron chi connectivity index (χ3n) is 2.24. The van der Waals surface area contributed by atoms with Crippen molar-refractivity contribution in [2.24, 2.45) is 0 Å². The maximum atomic E-state index is 11.4. The normalized spacial score (nSPS) is 14.5. The van der Waals surface area contributed by atoms with E-state index in [4.69, 9.17) is 4.74 Å². The van der Waals surface area contributed by atoms with E-state index < -0.39 is 0 Å². The number of hydrogen-bond acceptors (Lipinski definition) is 4. The van der Waals surface area contributed by atoms with Gasteiger partial charge in [-0.25, -0.2) is 0 Å². The van der Waals surface area contributed by atoms with Gasteiger partial charge >= 0.3 is 0 Å². The number of ether oxygens (including phenoxy) is 1. The maximum absolute atomic E-state index is 11.4. The Bertz CT molecular complexity index is 191. The van der Waals surface area contributed by atoms with Crippen molar-refractivity contribution in [1.82, 2.24) is 10.6 Å². The van der Waals surface area contributed by atoms with Crippen molar-refractivity contribution in [2.75, 3.05) is 33.1 Å². The standard InChI is InChI=1S/C11H24N2O2S/c1-9(8-15-3)13-11(14)7-12-6-5-10(2)16-4/h9-10,12H,5-8H2,1-4H3,(H,13,14). The molecule has 0 aliphatic heterocycles. The van der Waals surface area contributed by atoms with E-state index in [0.29, 0.717) is 18.4 Å². The van der Waals surface area contributed by atoms with Crippen molar-refractivity contribution in [3.05, 3.63) is 0 Å². The van der Waals surface area contributed by atoms with Crippen LogP contribution in [0.3, 0.4) is 0 Å². The van der Waals surface area contributed by atoms with Crippen molar-refractivity contribution in [1.29, 1.82) is 0 Å². The van der Waals surface area contributed by atoms with Crippen LogP contribution in [0.25, 0.3) is 0 Å². The molecule has 2 N–H and O–H groups in total. The molecule has 16 heavy (non-hydrogen) atoms. The lowest BCUT2D eigenvalue weighted by molar-refractivity contribution is -0.121. The molecule has 0 fully saturated rings. The fourth-order valence-electron chi connectivity index (χ4n) is 1.24. The largest absolute Gasteiger partial charge is 0.383 e.